The summed E-state index contributed by atoms with van der Waals surface area (Å²) in [7, 11) is 1.64. The molecule has 1 aliphatic rings. The maximum atomic E-state index is 11.9. The first kappa shape index (κ1) is 14.7. The lowest BCUT2D eigenvalue weighted by Crippen LogP contribution is -2.18. The molecule has 1 aromatic rings. The Kier molecular flexibility index (Phi) is 4.88. The number of nitrogens with one attached hydrogen (secondary N) is 1. The monoisotopic (exact) mass is 276 g/mol. The van der Waals surface area contributed by atoms with E-state index in [1.807, 2.05) is 26.0 Å². The Morgan fingerprint density at radius 1 is 1.35 bits per heavy atom. The predicted molar refractivity (Wildman–Crippen MR) is 82.5 cm³/mol. The lowest BCUT2D eigenvalue weighted by atomic mass is 10.1. The van der Waals surface area contributed by atoms with Crippen molar-refractivity contribution < 1.29 is 9.53 Å². The SMILES string of the molecule is COc1cc(N2CCCC2)ccc1NC(=O)CC(C)C. The Morgan fingerprint density at radius 2 is 2.05 bits per heavy atom. The van der Waals surface area contributed by atoms with E-state index < -0.39 is 0 Å². The van der Waals surface area contributed by atoms with Crippen LogP contribution in [0.1, 0.15) is 33.1 Å². The van der Waals surface area contributed by atoms with Gasteiger partial charge in [0.05, 0.1) is 12.8 Å². The Morgan fingerprint density at radius 3 is 2.65 bits per heavy atom. The number of hydrogen-bond acceptors (Lipinski definition) is 3. The minimum Gasteiger partial charge on any atom is -0.494 e. The van der Waals surface area contributed by atoms with Crippen molar-refractivity contribution >= 4 is 17.3 Å². The van der Waals surface area contributed by atoms with Crippen LogP contribution in [0.4, 0.5) is 11.4 Å². The van der Waals surface area contributed by atoms with Crippen LogP contribution >= 0.6 is 0 Å². The van der Waals surface area contributed by atoms with E-state index in [9.17, 15) is 4.79 Å². The molecule has 4 heteroatoms. The van der Waals surface area contributed by atoms with Gasteiger partial charge in [0.15, 0.2) is 0 Å². The average Bonchev–Trinajstić information content (AvgIpc) is 2.92. The van der Waals surface area contributed by atoms with Crippen LogP contribution in [0, 0.1) is 5.92 Å². The van der Waals surface area contributed by atoms with Crippen LogP contribution in [0.2, 0.25) is 0 Å². The van der Waals surface area contributed by atoms with Crippen molar-refractivity contribution in [3.8, 4) is 5.75 Å². The third-order valence-corrected chi connectivity index (χ3v) is 3.52. The van der Waals surface area contributed by atoms with Crippen molar-refractivity contribution in [2.45, 2.75) is 33.1 Å². The fraction of sp³-hybridized carbons (Fsp3) is 0.562. The third kappa shape index (κ3) is 3.65. The number of carbonyl (C=O) groups excluding carboxylic acids is 1. The molecule has 1 heterocycles. The quantitative estimate of drug-likeness (QED) is 0.897. The molecule has 1 saturated heterocycles. The molecule has 0 bridgehead atoms. The fourth-order valence-electron chi connectivity index (χ4n) is 2.53. The summed E-state index contributed by atoms with van der Waals surface area (Å²) in [6.07, 6.45) is 3.02. The van der Waals surface area contributed by atoms with E-state index in [1.165, 1.54) is 18.5 Å². The standard InChI is InChI=1S/C16H24N2O2/c1-12(2)10-16(19)17-14-7-6-13(11-15(14)20-3)18-8-4-5-9-18/h6-7,11-12H,4-5,8-10H2,1-3H3,(H,17,19). The molecule has 2 rings (SSSR count). The van der Waals surface area contributed by atoms with Crippen molar-refractivity contribution in [1.82, 2.24) is 0 Å². The summed E-state index contributed by atoms with van der Waals surface area (Å²) < 4.78 is 5.41. The Balaban J connectivity index is 2.11. The van der Waals surface area contributed by atoms with Crippen LogP contribution < -0.4 is 15.0 Å². The van der Waals surface area contributed by atoms with E-state index in [1.54, 1.807) is 7.11 Å². The largest absolute Gasteiger partial charge is 0.494 e. The summed E-state index contributed by atoms with van der Waals surface area (Å²) in [4.78, 5) is 14.2. The van der Waals surface area contributed by atoms with Crippen molar-refractivity contribution in [3.05, 3.63) is 18.2 Å². The van der Waals surface area contributed by atoms with Crippen LogP contribution in [0.5, 0.6) is 5.75 Å². The van der Waals surface area contributed by atoms with Gasteiger partial charge in [-0.25, -0.2) is 0 Å². The number of ether oxygens (including phenoxy) is 1. The zero-order valence-electron chi connectivity index (χ0n) is 12.6. The Bertz CT molecular complexity index is 466. The molecular weight excluding hydrogens is 252 g/mol. The van der Waals surface area contributed by atoms with E-state index in [0.29, 0.717) is 12.3 Å². The van der Waals surface area contributed by atoms with Crippen LogP contribution in [-0.4, -0.2) is 26.1 Å². The van der Waals surface area contributed by atoms with Crippen molar-refractivity contribution in [2.75, 3.05) is 30.4 Å². The second-order valence-corrected chi connectivity index (χ2v) is 5.72. The second kappa shape index (κ2) is 6.64. The highest BCUT2D eigenvalue weighted by molar-refractivity contribution is 5.92. The van der Waals surface area contributed by atoms with Gasteiger partial charge >= 0.3 is 0 Å². The molecule has 1 amide bonds. The molecule has 1 N–H and O–H groups in total. The molecule has 4 nitrogen and oxygen atoms in total. The summed E-state index contributed by atoms with van der Waals surface area (Å²) in [5.41, 5.74) is 1.92. The molecule has 0 atom stereocenters. The molecule has 1 fully saturated rings. The third-order valence-electron chi connectivity index (χ3n) is 3.52. The minimum atomic E-state index is 0.0345. The number of amides is 1. The minimum absolute atomic E-state index is 0.0345. The van der Waals surface area contributed by atoms with Crippen LogP contribution in [0.15, 0.2) is 18.2 Å². The molecular formula is C16H24N2O2. The number of benzene rings is 1. The maximum Gasteiger partial charge on any atom is 0.224 e. The highest BCUT2D eigenvalue weighted by Crippen LogP contribution is 2.31. The predicted octanol–water partition coefficient (Wildman–Crippen LogP) is 3.28. The van der Waals surface area contributed by atoms with Gasteiger partial charge in [0, 0.05) is 31.3 Å². The molecule has 0 aliphatic carbocycles. The summed E-state index contributed by atoms with van der Waals surface area (Å²) in [6, 6.07) is 6.00. The van der Waals surface area contributed by atoms with E-state index in [0.717, 1.165) is 24.5 Å². The van der Waals surface area contributed by atoms with Crippen LogP contribution in [0.25, 0.3) is 0 Å². The topological polar surface area (TPSA) is 41.6 Å². The van der Waals surface area contributed by atoms with Gasteiger partial charge in [-0.15, -0.1) is 0 Å². The Hall–Kier alpha value is -1.71. The smallest absolute Gasteiger partial charge is 0.224 e. The molecule has 0 saturated carbocycles. The second-order valence-electron chi connectivity index (χ2n) is 5.72. The van der Waals surface area contributed by atoms with Gasteiger partial charge in [-0.05, 0) is 30.9 Å². The zero-order chi connectivity index (χ0) is 14.5. The van der Waals surface area contributed by atoms with E-state index in [-0.39, 0.29) is 5.91 Å². The maximum absolute atomic E-state index is 11.9. The van der Waals surface area contributed by atoms with Gasteiger partial charge < -0.3 is 15.0 Å². The van der Waals surface area contributed by atoms with E-state index in [2.05, 4.69) is 16.3 Å². The summed E-state index contributed by atoms with van der Waals surface area (Å²) in [5, 5.41) is 2.93. The van der Waals surface area contributed by atoms with Crippen LogP contribution in [0.3, 0.4) is 0 Å². The summed E-state index contributed by atoms with van der Waals surface area (Å²) in [6.45, 7) is 6.27. The molecule has 0 radical (unpaired) electrons. The molecule has 20 heavy (non-hydrogen) atoms. The average molecular weight is 276 g/mol. The lowest BCUT2D eigenvalue weighted by Gasteiger charge is -2.20. The highest BCUT2D eigenvalue weighted by atomic mass is 16.5. The molecule has 110 valence electrons. The number of hydrogen-bond donors (Lipinski definition) is 1. The molecule has 1 aliphatic heterocycles. The molecule has 0 aromatic heterocycles. The van der Waals surface area contributed by atoms with Crippen molar-refractivity contribution in [3.63, 3.8) is 0 Å². The number of nitrogens with zero attached hydrogens (tertiary/aromatic N) is 1. The van der Waals surface area contributed by atoms with Gasteiger partial charge in [0.25, 0.3) is 0 Å². The molecule has 0 unspecified atom stereocenters. The number of carbonyl (C=O) groups is 1. The van der Waals surface area contributed by atoms with Gasteiger partial charge in [-0.3, -0.25) is 4.79 Å². The van der Waals surface area contributed by atoms with Gasteiger partial charge in [-0.2, -0.15) is 0 Å². The van der Waals surface area contributed by atoms with Gasteiger partial charge in [-0.1, -0.05) is 13.8 Å². The first-order chi connectivity index (χ1) is 9.60. The first-order valence-corrected chi connectivity index (χ1v) is 7.33. The Labute approximate surface area is 121 Å². The fourth-order valence-corrected chi connectivity index (χ4v) is 2.53. The first-order valence-electron chi connectivity index (χ1n) is 7.33. The van der Waals surface area contributed by atoms with Crippen molar-refractivity contribution in [2.24, 2.45) is 5.92 Å². The van der Waals surface area contributed by atoms with Gasteiger partial charge in [0.1, 0.15) is 5.75 Å². The van der Waals surface area contributed by atoms with Crippen LogP contribution in [-0.2, 0) is 4.79 Å². The summed E-state index contributed by atoms with van der Waals surface area (Å²) in [5.74, 6) is 1.11. The normalized spacial score (nSPS) is 14.7. The van der Waals surface area contributed by atoms with Gasteiger partial charge in [0.2, 0.25) is 5.91 Å². The number of anilines is 2. The molecule has 0 spiro atoms. The van der Waals surface area contributed by atoms with E-state index in [4.69, 9.17) is 4.74 Å². The van der Waals surface area contributed by atoms with E-state index >= 15 is 0 Å². The van der Waals surface area contributed by atoms with Crippen molar-refractivity contribution in [1.29, 1.82) is 0 Å². The molecule has 1 aromatic carbocycles. The lowest BCUT2D eigenvalue weighted by molar-refractivity contribution is -0.116. The highest BCUT2D eigenvalue weighted by Gasteiger charge is 2.15. The number of rotatable bonds is 5. The zero-order valence-corrected chi connectivity index (χ0v) is 12.6. The summed E-state index contributed by atoms with van der Waals surface area (Å²) >= 11 is 0. The number of methoxy groups -OCH3 is 1.